The van der Waals surface area contributed by atoms with Crippen LogP contribution < -0.4 is 14.8 Å². The minimum absolute atomic E-state index is 0.688. The second kappa shape index (κ2) is 10.3. The van der Waals surface area contributed by atoms with Gasteiger partial charge in [-0.15, -0.1) is 10.2 Å². The van der Waals surface area contributed by atoms with Crippen molar-refractivity contribution in [1.29, 1.82) is 0 Å². The predicted molar refractivity (Wildman–Crippen MR) is 102 cm³/mol. The minimum Gasteiger partial charge on any atom is -0.497 e. The number of nitrogens with one attached hydrogen (secondary N) is 1. The molecule has 0 atom stereocenters. The van der Waals surface area contributed by atoms with Gasteiger partial charge in [0.05, 0.1) is 14.2 Å². The van der Waals surface area contributed by atoms with E-state index in [0.717, 1.165) is 49.0 Å². The lowest BCUT2D eigenvalue weighted by atomic mass is 10.2. The summed E-state index contributed by atoms with van der Waals surface area (Å²) in [5.41, 5.74) is 1.08. The van der Waals surface area contributed by atoms with E-state index in [-0.39, 0.29) is 0 Å². The van der Waals surface area contributed by atoms with Gasteiger partial charge in [0.15, 0.2) is 5.96 Å². The Hall–Kier alpha value is -2.77. The fourth-order valence-corrected chi connectivity index (χ4v) is 2.65. The number of methoxy groups -OCH3 is 2. The van der Waals surface area contributed by atoms with E-state index in [9.17, 15) is 0 Å². The van der Waals surface area contributed by atoms with Gasteiger partial charge in [0.1, 0.15) is 24.2 Å². The van der Waals surface area contributed by atoms with Crippen LogP contribution >= 0.6 is 0 Å². The van der Waals surface area contributed by atoms with Gasteiger partial charge in [0.2, 0.25) is 0 Å². The monoisotopic (exact) mass is 360 g/mol. The first-order valence-corrected chi connectivity index (χ1v) is 8.63. The Morgan fingerprint density at radius 3 is 2.62 bits per heavy atom. The van der Waals surface area contributed by atoms with Crippen LogP contribution in [-0.4, -0.2) is 60.5 Å². The molecule has 0 spiro atoms. The molecule has 0 aliphatic rings. The lowest BCUT2D eigenvalue weighted by Gasteiger charge is -2.23. The molecule has 0 bridgehead atoms. The van der Waals surface area contributed by atoms with Crippen LogP contribution in [0.2, 0.25) is 0 Å². The molecular formula is C18H28N6O2. The fraction of sp³-hybridized carbons (Fsp3) is 0.500. The number of unbranched alkanes of at least 4 members (excludes halogenated alkanes) is 1. The molecule has 0 aliphatic heterocycles. The zero-order valence-corrected chi connectivity index (χ0v) is 16.0. The maximum Gasteiger partial charge on any atom is 0.193 e. The molecule has 26 heavy (non-hydrogen) atoms. The molecule has 0 saturated heterocycles. The Morgan fingerprint density at radius 2 is 1.96 bits per heavy atom. The standard InChI is InChI=1S/C18H28N6O2/c1-19-18(20-9-5-6-10-24-13-21-22-14-24)23(2)12-15-7-8-16(25-3)11-17(15)26-4/h7-8,11,13-14H,5-6,9-10,12H2,1-4H3,(H,19,20). The lowest BCUT2D eigenvalue weighted by molar-refractivity contribution is 0.382. The Bertz CT molecular complexity index is 687. The third-order valence-electron chi connectivity index (χ3n) is 4.07. The Morgan fingerprint density at radius 1 is 1.19 bits per heavy atom. The van der Waals surface area contributed by atoms with E-state index in [0.29, 0.717) is 6.54 Å². The summed E-state index contributed by atoms with van der Waals surface area (Å²) < 4.78 is 12.7. The molecule has 142 valence electrons. The van der Waals surface area contributed by atoms with Crippen molar-refractivity contribution >= 4 is 5.96 Å². The van der Waals surface area contributed by atoms with Gasteiger partial charge in [-0.2, -0.15) is 0 Å². The molecule has 0 unspecified atom stereocenters. The number of aromatic nitrogens is 3. The van der Waals surface area contributed by atoms with Crippen molar-refractivity contribution in [3.8, 4) is 11.5 Å². The van der Waals surface area contributed by atoms with E-state index in [1.807, 2.05) is 29.8 Å². The number of guanidine groups is 1. The largest absolute Gasteiger partial charge is 0.497 e. The van der Waals surface area contributed by atoms with E-state index in [1.165, 1.54) is 0 Å². The van der Waals surface area contributed by atoms with Crippen molar-refractivity contribution in [1.82, 2.24) is 25.0 Å². The first-order chi connectivity index (χ1) is 12.7. The quantitative estimate of drug-likeness (QED) is 0.417. The highest BCUT2D eigenvalue weighted by molar-refractivity contribution is 5.79. The van der Waals surface area contributed by atoms with Gasteiger partial charge < -0.3 is 24.3 Å². The highest BCUT2D eigenvalue weighted by Gasteiger charge is 2.11. The van der Waals surface area contributed by atoms with Crippen LogP contribution in [0.25, 0.3) is 0 Å². The zero-order valence-electron chi connectivity index (χ0n) is 16.0. The Labute approximate surface area is 154 Å². The number of ether oxygens (including phenoxy) is 2. The van der Waals surface area contributed by atoms with Crippen LogP contribution in [0.15, 0.2) is 35.8 Å². The van der Waals surface area contributed by atoms with Crippen molar-refractivity contribution in [2.24, 2.45) is 4.99 Å². The van der Waals surface area contributed by atoms with Crippen molar-refractivity contribution in [2.45, 2.75) is 25.9 Å². The van der Waals surface area contributed by atoms with E-state index < -0.39 is 0 Å². The molecule has 0 radical (unpaired) electrons. The van der Waals surface area contributed by atoms with E-state index in [1.54, 1.807) is 33.9 Å². The Kier molecular flexibility index (Phi) is 7.73. The highest BCUT2D eigenvalue weighted by Crippen LogP contribution is 2.25. The van der Waals surface area contributed by atoms with Crippen molar-refractivity contribution < 1.29 is 9.47 Å². The molecule has 2 aromatic rings. The third-order valence-corrected chi connectivity index (χ3v) is 4.07. The summed E-state index contributed by atoms with van der Waals surface area (Å²) in [7, 11) is 7.12. The van der Waals surface area contributed by atoms with Gasteiger partial charge in [0, 0.05) is 45.4 Å². The Balaban J connectivity index is 1.81. The average molecular weight is 360 g/mol. The smallest absolute Gasteiger partial charge is 0.193 e. The fourth-order valence-electron chi connectivity index (χ4n) is 2.65. The minimum atomic E-state index is 0.688. The molecule has 0 fully saturated rings. The van der Waals surface area contributed by atoms with Crippen LogP contribution in [-0.2, 0) is 13.1 Å². The first kappa shape index (κ1) is 19.6. The van der Waals surface area contributed by atoms with Gasteiger partial charge in [-0.1, -0.05) is 0 Å². The predicted octanol–water partition coefficient (Wildman–Crippen LogP) is 1.78. The van der Waals surface area contributed by atoms with Crippen LogP contribution in [0.1, 0.15) is 18.4 Å². The molecule has 8 heteroatoms. The van der Waals surface area contributed by atoms with Crippen molar-refractivity contribution in [3.05, 3.63) is 36.4 Å². The molecule has 0 aliphatic carbocycles. The topological polar surface area (TPSA) is 76.8 Å². The summed E-state index contributed by atoms with van der Waals surface area (Å²) in [6, 6.07) is 5.85. The summed E-state index contributed by atoms with van der Waals surface area (Å²) in [6.45, 7) is 2.47. The number of hydrogen-bond acceptors (Lipinski definition) is 5. The van der Waals surface area contributed by atoms with E-state index in [2.05, 4.69) is 25.4 Å². The van der Waals surface area contributed by atoms with Gasteiger partial charge >= 0.3 is 0 Å². The second-order valence-electron chi connectivity index (χ2n) is 5.91. The maximum atomic E-state index is 5.47. The summed E-state index contributed by atoms with van der Waals surface area (Å²) >= 11 is 0. The zero-order chi connectivity index (χ0) is 18.8. The first-order valence-electron chi connectivity index (χ1n) is 8.63. The van der Waals surface area contributed by atoms with E-state index >= 15 is 0 Å². The van der Waals surface area contributed by atoms with Gasteiger partial charge in [-0.3, -0.25) is 4.99 Å². The SMILES string of the molecule is CN=C(NCCCCn1cnnc1)N(C)Cc1ccc(OC)cc1OC. The number of rotatable bonds is 9. The molecule has 1 aromatic heterocycles. The van der Waals surface area contributed by atoms with Gasteiger partial charge in [-0.05, 0) is 25.0 Å². The second-order valence-corrected chi connectivity index (χ2v) is 5.91. The molecule has 1 N–H and O–H groups in total. The third kappa shape index (κ3) is 5.65. The molecule has 2 rings (SSSR count). The van der Waals surface area contributed by atoms with Crippen LogP contribution in [0, 0.1) is 0 Å². The molecule has 1 aromatic carbocycles. The molecule has 1 heterocycles. The molecular weight excluding hydrogens is 332 g/mol. The number of aliphatic imine (C=N–C) groups is 1. The van der Waals surface area contributed by atoms with Crippen molar-refractivity contribution in [3.63, 3.8) is 0 Å². The maximum absolute atomic E-state index is 5.47. The van der Waals surface area contributed by atoms with Crippen LogP contribution in [0.3, 0.4) is 0 Å². The average Bonchev–Trinajstić information content (AvgIpc) is 3.18. The summed E-state index contributed by atoms with van der Waals surface area (Å²) in [5.74, 6) is 2.44. The van der Waals surface area contributed by atoms with E-state index in [4.69, 9.17) is 9.47 Å². The summed E-state index contributed by atoms with van der Waals surface area (Å²) in [4.78, 5) is 6.44. The van der Waals surface area contributed by atoms with Crippen LogP contribution in [0.5, 0.6) is 11.5 Å². The molecule has 0 saturated carbocycles. The number of aryl methyl sites for hydroxylation is 1. The molecule has 8 nitrogen and oxygen atoms in total. The summed E-state index contributed by atoms with van der Waals surface area (Å²) in [6.07, 6.45) is 5.57. The number of benzene rings is 1. The van der Waals surface area contributed by atoms with Crippen LogP contribution in [0.4, 0.5) is 0 Å². The number of nitrogens with zero attached hydrogens (tertiary/aromatic N) is 5. The molecule has 0 amide bonds. The van der Waals surface area contributed by atoms with Gasteiger partial charge in [0.25, 0.3) is 0 Å². The summed E-state index contributed by atoms with van der Waals surface area (Å²) in [5, 5.41) is 11.0. The number of hydrogen-bond donors (Lipinski definition) is 1. The lowest BCUT2D eigenvalue weighted by Crippen LogP contribution is -2.39. The van der Waals surface area contributed by atoms with Gasteiger partial charge in [-0.25, -0.2) is 0 Å². The van der Waals surface area contributed by atoms with Crippen molar-refractivity contribution in [2.75, 3.05) is 34.9 Å². The highest BCUT2D eigenvalue weighted by atomic mass is 16.5. The normalized spacial score (nSPS) is 11.3.